The van der Waals surface area contributed by atoms with Gasteiger partial charge in [-0.3, -0.25) is 0 Å². The molecule has 3 nitrogen and oxygen atoms in total. The second-order valence-corrected chi connectivity index (χ2v) is 7.18. The van der Waals surface area contributed by atoms with Crippen molar-refractivity contribution in [1.29, 1.82) is 0 Å². The summed E-state index contributed by atoms with van der Waals surface area (Å²) >= 11 is 2.27. The van der Waals surface area contributed by atoms with Gasteiger partial charge >= 0.3 is 93.1 Å². The third-order valence-electron chi connectivity index (χ3n) is 2.81. The molecule has 1 aliphatic carbocycles. The van der Waals surface area contributed by atoms with Crippen molar-refractivity contribution in [1.82, 2.24) is 8.43 Å². The number of carbonyl (C=O) groups excluding carboxylic acids is 1. The van der Waals surface area contributed by atoms with E-state index in [1.165, 1.54) is 25.7 Å². The number of urea groups is 1. The van der Waals surface area contributed by atoms with Crippen molar-refractivity contribution < 1.29 is 22.3 Å². The van der Waals surface area contributed by atoms with Gasteiger partial charge in [0.15, 0.2) is 0 Å². The molecule has 2 rings (SSSR count). The number of carbonyl (C=O) groups is 1. The predicted octanol–water partition coefficient (Wildman–Crippen LogP) is -1.32. The standard InChI is InChI=1S/C7H11I2N2O/c8-9-11-6(12)10-5-4-7(11)2-1-3-7/h1-5H2,(H,10,12)/q-1. The molecule has 0 aromatic heterocycles. The monoisotopic (exact) mass is 393 g/mol. The van der Waals surface area contributed by atoms with Gasteiger partial charge in [-0.15, -0.1) is 0 Å². The Balaban J connectivity index is 2.14. The van der Waals surface area contributed by atoms with Gasteiger partial charge in [-0.05, 0) is 0 Å². The molecule has 2 aliphatic rings. The first kappa shape index (κ1) is 9.29. The second kappa shape index (κ2) is 3.47. The predicted molar refractivity (Wildman–Crippen MR) is 50.5 cm³/mol. The summed E-state index contributed by atoms with van der Waals surface area (Å²) in [4.78, 5) is 11.5. The average molecular weight is 393 g/mol. The van der Waals surface area contributed by atoms with E-state index in [2.05, 4.69) is 27.0 Å². The van der Waals surface area contributed by atoms with Crippen molar-refractivity contribution in [2.45, 2.75) is 31.2 Å². The van der Waals surface area contributed by atoms with Gasteiger partial charge in [-0.25, -0.2) is 0 Å². The Morgan fingerprint density at radius 1 is 1.50 bits per heavy atom. The first-order valence-corrected chi connectivity index (χ1v) is 11.4. The van der Waals surface area contributed by atoms with E-state index in [0.717, 1.165) is 6.54 Å². The molecule has 5 heteroatoms. The summed E-state index contributed by atoms with van der Waals surface area (Å²) in [5, 5.41) is 2.92. The van der Waals surface area contributed by atoms with Gasteiger partial charge in [-0.1, -0.05) is 0 Å². The Hall–Kier alpha value is 0.730. The van der Waals surface area contributed by atoms with Crippen LogP contribution in [0.25, 0.3) is 0 Å². The molecule has 1 heterocycles. The van der Waals surface area contributed by atoms with Gasteiger partial charge in [0.2, 0.25) is 0 Å². The van der Waals surface area contributed by atoms with Crippen molar-refractivity contribution in [2.24, 2.45) is 0 Å². The molecule has 1 aliphatic heterocycles. The summed E-state index contributed by atoms with van der Waals surface area (Å²) in [6, 6.07) is 0.183. The van der Waals surface area contributed by atoms with E-state index >= 15 is 0 Å². The van der Waals surface area contributed by atoms with E-state index in [-0.39, 0.29) is 23.5 Å². The molecule has 0 aromatic carbocycles. The van der Waals surface area contributed by atoms with Gasteiger partial charge < -0.3 is 0 Å². The van der Waals surface area contributed by atoms with Crippen LogP contribution >= 0.6 is 18.6 Å². The topological polar surface area (TPSA) is 32.3 Å². The van der Waals surface area contributed by atoms with Crippen molar-refractivity contribution >= 4 is 24.6 Å². The molecule has 1 saturated carbocycles. The molecule has 1 saturated heterocycles. The summed E-state index contributed by atoms with van der Waals surface area (Å²) in [6.07, 6.45) is 4.96. The SMILES string of the molecule is O=C1NCCC2(CCC2)N1[I-]I. The quantitative estimate of drug-likeness (QED) is 0.435. The molecule has 0 unspecified atom stereocenters. The number of halogens is 2. The molecular weight excluding hydrogens is 382 g/mol. The average Bonchev–Trinajstić information content (AvgIpc) is 2.01. The van der Waals surface area contributed by atoms with Crippen molar-refractivity contribution in [2.75, 3.05) is 6.54 Å². The van der Waals surface area contributed by atoms with E-state index in [1.807, 2.05) is 0 Å². The van der Waals surface area contributed by atoms with Crippen LogP contribution in [0.2, 0.25) is 0 Å². The maximum absolute atomic E-state index is 11.5. The zero-order chi connectivity index (χ0) is 8.60. The fourth-order valence-electron chi connectivity index (χ4n) is 1.91. The summed E-state index contributed by atoms with van der Waals surface area (Å²) in [7, 11) is 0. The van der Waals surface area contributed by atoms with Crippen molar-refractivity contribution in [3.8, 4) is 0 Å². The molecule has 1 N–H and O–H groups in total. The molecule has 0 radical (unpaired) electrons. The molecule has 70 valence electrons. The molecule has 12 heavy (non-hydrogen) atoms. The van der Waals surface area contributed by atoms with Crippen LogP contribution in [0.1, 0.15) is 25.7 Å². The number of amides is 2. The van der Waals surface area contributed by atoms with E-state index in [9.17, 15) is 4.79 Å². The first-order valence-electron chi connectivity index (χ1n) is 4.13. The van der Waals surface area contributed by atoms with Gasteiger partial charge in [0, 0.05) is 0 Å². The number of rotatable bonds is 1. The zero-order valence-corrected chi connectivity index (χ0v) is 11.0. The Morgan fingerprint density at radius 3 is 2.67 bits per heavy atom. The Labute approximate surface area is 92.4 Å². The second-order valence-electron chi connectivity index (χ2n) is 3.40. The van der Waals surface area contributed by atoms with Gasteiger partial charge in [0.1, 0.15) is 0 Å². The normalized spacial score (nSPS) is 27.1. The summed E-state index contributed by atoms with van der Waals surface area (Å²) in [5.41, 5.74) is 0.302. The summed E-state index contributed by atoms with van der Waals surface area (Å²) in [6.45, 7) is 0.885. The fourth-order valence-corrected chi connectivity index (χ4v) is 7.07. The fraction of sp³-hybridized carbons (Fsp3) is 0.857. The van der Waals surface area contributed by atoms with Crippen LogP contribution in [-0.2, 0) is 0 Å². The molecule has 0 atom stereocenters. The number of nitrogens with zero attached hydrogens (tertiary/aromatic N) is 1. The van der Waals surface area contributed by atoms with Gasteiger partial charge in [0.25, 0.3) is 0 Å². The Bertz CT molecular complexity index is 206. The van der Waals surface area contributed by atoms with Crippen molar-refractivity contribution in [3.63, 3.8) is 0 Å². The van der Waals surface area contributed by atoms with Crippen LogP contribution in [-0.4, -0.2) is 21.2 Å². The van der Waals surface area contributed by atoms with E-state index in [4.69, 9.17) is 0 Å². The zero-order valence-electron chi connectivity index (χ0n) is 6.65. The summed E-state index contributed by atoms with van der Waals surface area (Å²) < 4.78 is 2.11. The minimum atomic E-state index is -0.107. The molecule has 0 aromatic rings. The summed E-state index contributed by atoms with van der Waals surface area (Å²) in [5.74, 6) is 0. The van der Waals surface area contributed by atoms with E-state index < -0.39 is 0 Å². The third kappa shape index (κ3) is 1.32. The van der Waals surface area contributed by atoms with E-state index in [0.29, 0.717) is 5.54 Å². The Morgan fingerprint density at radius 2 is 2.25 bits per heavy atom. The van der Waals surface area contributed by atoms with Crippen LogP contribution in [0.5, 0.6) is 0 Å². The minimum absolute atomic E-state index is 0.107. The van der Waals surface area contributed by atoms with Gasteiger partial charge in [0.05, 0.1) is 0 Å². The van der Waals surface area contributed by atoms with Gasteiger partial charge in [-0.2, -0.15) is 0 Å². The van der Waals surface area contributed by atoms with Crippen LogP contribution in [0.4, 0.5) is 4.79 Å². The van der Waals surface area contributed by atoms with Crippen molar-refractivity contribution in [3.05, 3.63) is 0 Å². The van der Waals surface area contributed by atoms with Crippen LogP contribution in [0, 0.1) is 0 Å². The third-order valence-corrected chi connectivity index (χ3v) is 7.08. The molecule has 0 bridgehead atoms. The first-order chi connectivity index (χ1) is 5.78. The molecule has 2 fully saturated rings. The van der Waals surface area contributed by atoms with Crippen LogP contribution in [0.15, 0.2) is 0 Å². The van der Waals surface area contributed by atoms with E-state index in [1.54, 1.807) is 0 Å². The molecular formula is C7H11I2N2O-. The molecule has 2 amide bonds. The van der Waals surface area contributed by atoms with Crippen LogP contribution in [0.3, 0.4) is 0 Å². The maximum atomic E-state index is 11.5. The Kier molecular flexibility index (Phi) is 2.69. The number of hydrogen-bond acceptors (Lipinski definition) is 1. The van der Waals surface area contributed by atoms with Crippen LogP contribution < -0.4 is 22.8 Å². The number of hydrogen-bond donors (Lipinski definition) is 1. The molecule has 1 spiro atoms. The number of nitrogens with one attached hydrogen (secondary N) is 1.